The number of hydrogen-bond donors (Lipinski definition) is 1. The molecule has 0 aromatic rings. The summed E-state index contributed by atoms with van der Waals surface area (Å²) in [6.45, 7) is 3.19. The Bertz CT molecular complexity index is 224. The third-order valence-electron chi connectivity index (χ3n) is 1.48. The number of rotatable bonds is 4. The Labute approximate surface area is 76.2 Å². The van der Waals surface area contributed by atoms with Crippen LogP contribution in [0.1, 0.15) is 26.7 Å². The Hall–Kier alpha value is -1.23. The third-order valence-corrected chi connectivity index (χ3v) is 1.48. The summed E-state index contributed by atoms with van der Waals surface area (Å²) in [7, 11) is 0. The van der Waals surface area contributed by atoms with E-state index in [1.54, 1.807) is 6.92 Å². The van der Waals surface area contributed by atoms with Crippen molar-refractivity contribution in [2.24, 2.45) is 5.73 Å². The molecule has 0 saturated carbocycles. The van der Waals surface area contributed by atoms with Crippen molar-refractivity contribution in [2.45, 2.75) is 32.7 Å². The largest absolute Gasteiger partial charge is 0.386 e. The Balaban J connectivity index is 4.07. The summed E-state index contributed by atoms with van der Waals surface area (Å²) >= 11 is 0. The van der Waals surface area contributed by atoms with Crippen LogP contribution in [0.5, 0.6) is 0 Å². The summed E-state index contributed by atoms with van der Waals surface area (Å²) in [6.07, 6.45) is 0.389. The molecule has 0 radical (unpaired) electrons. The number of Topliss-reactive ketones (excluding diaryl/α,β-unsaturated/α-hetero) is 1. The Morgan fingerprint density at radius 3 is 2.23 bits per heavy atom. The summed E-state index contributed by atoms with van der Waals surface area (Å²) in [5.74, 6) is -2.71. The molecule has 2 N–H and O–H groups in total. The molecule has 0 aromatic heterocycles. The van der Waals surface area contributed by atoms with E-state index in [0.29, 0.717) is 6.42 Å². The molecule has 1 unspecified atom stereocenters. The molecule has 1 atom stereocenters. The monoisotopic (exact) mass is 187 g/mol. The van der Waals surface area contributed by atoms with E-state index in [0.717, 1.165) is 0 Å². The fourth-order valence-corrected chi connectivity index (χ4v) is 0.535. The zero-order valence-electron chi connectivity index (χ0n) is 7.70. The van der Waals surface area contributed by atoms with Crippen molar-refractivity contribution in [1.82, 2.24) is 0 Å². The molecule has 74 valence electrons. The molecule has 0 heterocycles. The fourth-order valence-electron chi connectivity index (χ4n) is 0.535. The number of nitrogens with two attached hydrogens (primary N) is 1. The molecule has 0 saturated heterocycles. The minimum atomic E-state index is -1.13. The smallest absolute Gasteiger partial charge is 0.382 e. The van der Waals surface area contributed by atoms with Gasteiger partial charge in [-0.2, -0.15) is 0 Å². The van der Waals surface area contributed by atoms with Gasteiger partial charge in [-0.05, 0) is 6.42 Å². The van der Waals surface area contributed by atoms with Crippen LogP contribution in [0.25, 0.3) is 0 Å². The first-order valence-electron chi connectivity index (χ1n) is 4.07. The van der Waals surface area contributed by atoms with E-state index in [1.807, 2.05) is 0 Å². The molecule has 0 spiro atoms. The second kappa shape index (κ2) is 5.42. The normalized spacial score (nSPS) is 11.9. The van der Waals surface area contributed by atoms with Crippen molar-refractivity contribution >= 4 is 17.7 Å². The van der Waals surface area contributed by atoms with Crippen LogP contribution in [0.2, 0.25) is 0 Å². The van der Waals surface area contributed by atoms with Crippen LogP contribution in [0.4, 0.5) is 0 Å². The van der Waals surface area contributed by atoms with Crippen molar-refractivity contribution in [3.8, 4) is 0 Å². The highest BCUT2D eigenvalue weighted by Gasteiger charge is 2.20. The molecular formula is C8H13NO4. The zero-order valence-corrected chi connectivity index (χ0v) is 7.70. The summed E-state index contributed by atoms with van der Waals surface area (Å²) in [6, 6.07) is -0.839. The zero-order chi connectivity index (χ0) is 10.4. The minimum absolute atomic E-state index is 0.0213. The quantitative estimate of drug-likeness (QED) is 0.373. The predicted octanol–water partition coefficient (Wildman–Crippen LogP) is -0.227. The molecule has 0 fully saturated rings. The number of ketones is 1. The highest BCUT2D eigenvalue weighted by atomic mass is 16.6. The maximum atomic E-state index is 10.9. The van der Waals surface area contributed by atoms with E-state index in [-0.39, 0.29) is 6.42 Å². The first-order valence-corrected chi connectivity index (χ1v) is 4.07. The van der Waals surface area contributed by atoms with Gasteiger partial charge in [0.05, 0.1) is 0 Å². The second-order valence-corrected chi connectivity index (χ2v) is 2.50. The van der Waals surface area contributed by atoms with Crippen molar-refractivity contribution in [2.75, 3.05) is 0 Å². The van der Waals surface area contributed by atoms with Crippen LogP contribution in [-0.4, -0.2) is 23.8 Å². The average Bonchev–Trinajstić information content (AvgIpc) is 2.14. The maximum Gasteiger partial charge on any atom is 0.382 e. The maximum absolute atomic E-state index is 10.9. The minimum Gasteiger partial charge on any atom is -0.386 e. The molecule has 0 aliphatic rings. The Morgan fingerprint density at radius 2 is 1.85 bits per heavy atom. The van der Waals surface area contributed by atoms with Crippen LogP contribution in [0.3, 0.4) is 0 Å². The molecule has 0 aliphatic heterocycles. The van der Waals surface area contributed by atoms with E-state index in [1.165, 1.54) is 6.92 Å². The van der Waals surface area contributed by atoms with E-state index in [9.17, 15) is 14.4 Å². The van der Waals surface area contributed by atoms with Crippen molar-refractivity contribution < 1.29 is 19.1 Å². The number of esters is 2. The van der Waals surface area contributed by atoms with Gasteiger partial charge in [-0.3, -0.25) is 4.79 Å². The van der Waals surface area contributed by atoms with Gasteiger partial charge in [-0.25, -0.2) is 9.59 Å². The van der Waals surface area contributed by atoms with Crippen LogP contribution in [0, 0.1) is 0 Å². The lowest BCUT2D eigenvalue weighted by molar-refractivity contribution is -0.165. The lowest BCUT2D eigenvalue weighted by Crippen LogP contribution is -2.34. The van der Waals surface area contributed by atoms with Crippen molar-refractivity contribution in [1.29, 1.82) is 0 Å². The standard InChI is InChI=1S/C8H13NO4/c1-3-5(9)7(11)13-8(12)6(10)4-2/h5H,3-4,9H2,1-2H3. The number of hydrogen-bond acceptors (Lipinski definition) is 5. The lowest BCUT2D eigenvalue weighted by atomic mass is 10.2. The molecule has 0 aromatic carbocycles. The van der Waals surface area contributed by atoms with Gasteiger partial charge in [-0.1, -0.05) is 13.8 Å². The van der Waals surface area contributed by atoms with Crippen molar-refractivity contribution in [3.63, 3.8) is 0 Å². The van der Waals surface area contributed by atoms with Gasteiger partial charge in [0, 0.05) is 6.42 Å². The molecule has 0 aliphatic carbocycles. The topological polar surface area (TPSA) is 86.5 Å². The molecule has 0 amide bonds. The highest BCUT2D eigenvalue weighted by Crippen LogP contribution is 1.93. The fraction of sp³-hybridized carbons (Fsp3) is 0.625. The lowest BCUT2D eigenvalue weighted by Gasteiger charge is -2.05. The average molecular weight is 187 g/mol. The highest BCUT2D eigenvalue weighted by molar-refractivity contribution is 6.35. The van der Waals surface area contributed by atoms with Gasteiger partial charge in [0.1, 0.15) is 6.04 Å². The predicted molar refractivity (Wildman–Crippen MR) is 44.7 cm³/mol. The van der Waals surface area contributed by atoms with E-state index in [2.05, 4.69) is 4.74 Å². The van der Waals surface area contributed by atoms with Gasteiger partial charge in [-0.15, -0.1) is 0 Å². The number of ether oxygens (including phenoxy) is 1. The second-order valence-electron chi connectivity index (χ2n) is 2.50. The van der Waals surface area contributed by atoms with Crippen LogP contribution < -0.4 is 5.73 Å². The first kappa shape index (κ1) is 11.8. The van der Waals surface area contributed by atoms with E-state index < -0.39 is 23.8 Å². The molecule has 5 heteroatoms. The summed E-state index contributed by atoms with van der Waals surface area (Å²) in [5, 5.41) is 0. The van der Waals surface area contributed by atoms with Crippen LogP contribution in [0.15, 0.2) is 0 Å². The molecule has 13 heavy (non-hydrogen) atoms. The van der Waals surface area contributed by atoms with E-state index in [4.69, 9.17) is 5.73 Å². The molecule has 5 nitrogen and oxygen atoms in total. The third kappa shape index (κ3) is 3.80. The summed E-state index contributed by atoms with van der Waals surface area (Å²) in [4.78, 5) is 32.3. The van der Waals surface area contributed by atoms with Crippen molar-refractivity contribution in [3.05, 3.63) is 0 Å². The van der Waals surface area contributed by atoms with Gasteiger partial charge >= 0.3 is 11.9 Å². The SMILES string of the molecule is CCC(=O)C(=O)OC(=O)C(N)CC. The van der Waals surface area contributed by atoms with E-state index >= 15 is 0 Å². The van der Waals surface area contributed by atoms with Crippen LogP contribution >= 0.6 is 0 Å². The summed E-state index contributed by atoms with van der Waals surface area (Å²) in [5.41, 5.74) is 5.27. The first-order chi connectivity index (χ1) is 6.02. The molecule has 0 bridgehead atoms. The number of carbonyl (C=O) groups excluding carboxylic acids is 3. The summed E-state index contributed by atoms with van der Waals surface area (Å²) < 4.78 is 4.20. The van der Waals surface area contributed by atoms with Gasteiger partial charge in [0.2, 0.25) is 5.78 Å². The van der Waals surface area contributed by atoms with Gasteiger partial charge in [0.15, 0.2) is 0 Å². The Kier molecular flexibility index (Phi) is 4.91. The Morgan fingerprint density at radius 1 is 1.31 bits per heavy atom. The molecule has 0 rings (SSSR count). The molecular weight excluding hydrogens is 174 g/mol. The number of carbonyl (C=O) groups is 3. The van der Waals surface area contributed by atoms with Gasteiger partial charge in [0.25, 0.3) is 0 Å². The van der Waals surface area contributed by atoms with Crippen LogP contribution in [-0.2, 0) is 19.1 Å². The van der Waals surface area contributed by atoms with Gasteiger partial charge < -0.3 is 10.5 Å².